The molecule has 2 heteroatoms. The van der Waals surface area contributed by atoms with E-state index in [4.69, 9.17) is 4.74 Å². The molecule has 34 heavy (non-hydrogen) atoms. The predicted molar refractivity (Wildman–Crippen MR) is 142 cm³/mol. The highest BCUT2D eigenvalue weighted by Gasteiger charge is 2.32. The molecule has 2 fully saturated rings. The summed E-state index contributed by atoms with van der Waals surface area (Å²) < 4.78 is 18.2. The first-order chi connectivity index (χ1) is 16.7. The molecule has 2 aromatic rings. The van der Waals surface area contributed by atoms with E-state index in [1.807, 2.05) is 19.2 Å². The monoisotopic (exact) mass is 464 g/mol. The first-order valence-electron chi connectivity index (χ1n) is 14.0. The second kappa shape index (κ2) is 12.9. The van der Waals surface area contributed by atoms with Gasteiger partial charge in [0.05, 0.1) is 12.8 Å². The lowest BCUT2D eigenvalue weighted by Gasteiger charge is -2.39. The van der Waals surface area contributed by atoms with Crippen LogP contribution in [0.4, 0.5) is 4.39 Å². The van der Waals surface area contributed by atoms with Crippen LogP contribution >= 0.6 is 0 Å². The van der Waals surface area contributed by atoms with Gasteiger partial charge in [-0.05, 0) is 104 Å². The molecule has 0 bridgehead atoms. The highest BCUT2D eigenvalue weighted by Crippen LogP contribution is 2.43. The molecule has 0 N–H and O–H groups in total. The molecule has 1 nitrogen and oxygen atoms in total. The Balaban J connectivity index is 1.18. The quantitative estimate of drug-likeness (QED) is 0.341. The van der Waals surface area contributed by atoms with Crippen LogP contribution in [0, 0.1) is 23.7 Å². The molecular formula is C32H45FO. The molecule has 2 saturated carbocycles. The van der Waals surface area contributed by atoms with E-state index in [1.54, 1.807) is 0 Å². The highest BCUT2D eigenvalue weighted by molar-refractivity contribution is 5.64. The Bertz CT molecular complexity index is 822. The molecule has 1 atom stereocenters. The molecule has 0 aromatic heterocycles. The summed E-state index contributed by atoms with van der Waals surface area (Å²) in [5, 5.41) is 0. The maximum absolute atomic E-state index is 12.5. The molecule has 2 aliphatic carbocycles. The van der Waals surface area contributed by atoms with Crippen LogP contribution in [0.3, 0.4) is 0 Å². The fourth-order valence-electron chi connectivity index (χ4n) is 6.84. The lowest BCUT2D eigenvalue weighted by Crippen LogP contribution is -2.30. The minimum atomic E-state index is -0.287. The van der Waals surface area contributed by atoms with Crippen molar-refractivity contribution in [2.24, 2.45) is 23.7 Å². The Kier molecular flexibility index (Phi) is 9.62. The summed E-state index contributed by atoms with van der Waals surface area (Å²) in [6.45, 7) is 1.98. The molecule has 1 unspecified atom stereocenters. The summed E-state index contributed by atoms with van der Waals surface area (Å²) in [7, 11) is 1.89. The third kappa shape index (κ3) is 6.72. The summed E-state index contributed by atoms with van der Waals surface area (Å²) in [5.74, 6) is 3.67. The first-order valence-corrected chi connectivity index (χ1v) is 14.0. The molecule has 0 heterocycles. The number of aryl methyl sites for hydroxylation is 2. The molecule has 0 spiro atoms. The van der Waals surface area contributed by atoms with Crippen LogP contribution in [0.25, 0.3) is 11.1 Å². The fourth-order valence-corrected chi connectivity index (χ4v) is 6.84. The van der Waals surface area contributed by atoms with E-state index < -0.39 is 0 Å². The van der Waals surface area contributed by atoms with Crippen LogP contribution in [0.1, 0.15) is 82.3 Å². The number of halogens is 1. The summed E-state index contributed by atoms with van der Waals surface area (Å²) in [5.41, 5.74) is 5.00. The van der Waals surface area contributed by atoms with E-state index >= 15 is 0 Å². The van der Waals surface area contributed by atoms with E-state index in [2.05, 4.69) is 43.3 Å². The van der Waals surface area contributed by atoms with Gasteiger partial charge in [0.15, 0.2) is 0 Å². The maximum atomic E-state index is 12.5. The Morgan fingerprint density at radius 2 is 1.24 bits per heavy atom. The van der Waals surface area contributed by atoms with Crippen LogP contribution in [0.15, 0.2) is 48.5 Å². The van der Waals surface area contributed by atoms with Gasteiger partial charge in [-0.25, -0.2) is 0 Å². The van der Waals surface area contributed by atoms with Crippen LogP contribution in [-0.4, -0.2) is 19.9 Å². The van der Waals surface area contributed by atoms with Crippen molar-refractivity contribution in [3.8, 4) is 11.1 Å². The van der Waals surface area contributed by atoms with Crippen LogP contribution < -0.4 is 0 Å². The smallest absolute Gasteiger partial charge is 0.0934 e. The number of hydrogen-bond donors (Lipinski definition) is 0. The van der Waals surface area contributed by atoms with Crippen LogP contribution in [0.2, 0.25) is 0 Å². The largest absolute Gasteiger partial charge is 0.381 e. The van der Waals surface area contributed by atoms with Crippen LogP contribution in [-0.2, 0) is 17.6 Å². The molecule has 186 valence electrons. The van der Waals surface area contributed by atoms with Gasteiger partial charge >= 0.3 is 0 Å². The normalized spacial score (nSPS) is 26.3. The predicted octanol–water partition coefficient (Wildman–Crippen LogP) is 8.84. The first kappa shape index (κ1) is 25.4. The van der Waals surface area contributed by atoms with Gasteiger partial charge < -0.3 is 4.74 Å². The van der Waals surface area contributed by atoms with E-state index in [0.29, 0.717) is 12.5 Å². The number of methoxy groups -OCH3 is 1. The number of rotatable bonds is 10. The van der Waals surface area contributed by atoms with Gasteiger partial charge in [-0.15, -0.1) is 0 Å². The molecule has 2 aliphatic rings. The van der Waals surface area contributed by atoms with Crippen LogP contribution in [0.5, 0.6) is 0 Å². The SMILES string of the molecule is CCC(OC)[C@H]1CC[C@H]([C@H]2CC[C@H](CCc3ccc(-c4ccc(CCF)cc4)cc3)CC2)CC1. The summed E-state index contributed by atoms with van der Waals surface area (Å²) in [6.07, 6.45) is 16.1. The van der Waals surface area contributed by atoms with E-state index in [9.17, 15) is 4.39 Å². The summed E-state index contributed by atoms with van der Waals surface area (Å²) in [6, 6.07) is 17.4. The molecule has 2 aromatic carbocycles. The number of alkyl halides is 1. The number of benzene rings is 2. The van der Waals surface area contributed by atoms with Gasteiger partial charge in [-0.3, -0.25) is 4.39 Å². The van der Waals surface area contributed by atoms with Gasteiger partial charge in [-0.1, -0.05) is 68.3 Å². The minimum absolute atomic E-state index is 0.287. The van der Waals surface area contributed by atoms with E-state index in [-0.39, 0.29) is 6.67 Å². The van der Waals surface area contributed by atoms with Gasteiger partial charge in [0.2, 0.25) is 0 Å². The second-order valence-corrected chi connectivity index (χ2v) is 11.0. The zero-order valence-corrected chi connectivity index (χ0v) is 21.5. The van der Waals surface area contributed by atoms with Crippen molar-refractivity contribution < 1.29 is 9.13 Å². The van der Waals surface area contributed by atoms with Crippen molar-refractivity contribution in [3.63, 3.8) is 0 Å². The molecular weight excluding hydrogens is 419 g/mol. The number of ether oxygens (including phenoxy) is 1. The fraction of sp³-hybridized carbons (Fsp3) is 0.625. The Hall–Kier alpha value is -1.67. The Morgan fingerprint density at radius 1 is 0.735 bits per heavy atom. The molecule has 0 radical (unpaired) electrons. The van der Waals surface area contributed by atoms with Crippen molar-refractivity contribution >= 4 is 0 Å². The zero-order valence-electron chi connectivity index (χ0n) is 21.5. The Morgan fingerprint density at radius 3 is 1.71 bits per heavy atom. The lowest BCUT2D eigenvalue weighted by atomic mass is 9.68. The van der Waals surface area contributed by atoms with Crippen molar-refractivity contribution in [1.29, 1.82) is 0 Å². The molecule has 4 rings (SSSR count). The van der Waals surface area contributed by atoms with Crippen molar-refractivity contribution in [3.05, 3.63) is 59.7 Å². The van der Waals surface area contributed by atoms with E-state index in [1.165, 1.54) is 80.9 Å². The number of hydrogen-bond acceptors (Lipinski definition) is 1. The van der Waals surface area contributed by atoms with Gasteiger partial charge in [0, 0.05) is 13.5 Å². The van der Waals surface area contributed by atoms with Gasteiger partial charge in [-0.2, -0.15) is 0 Å². The van der Waals surface area contributed by atoms with Crippen molar-refractivity contribution in [2.45, 2.75) is 90.1 Å². The average Bonchev–Trinajstić information content (AvgIpc) is 2.90. The van der Waals surface area contributed by atoms with Crippen molar-refractivity contribution in [1.82, 2.24) is 0 Å². The topological polar surface area (TPSA) is 9.23 Å². The summed E-state index contributed by atoms with van der Waals surface area (Å²) >= 11 is 0. The lowest BCUT2D eigenvalue weighted by molar-refractivity contribution is 0.0187. The summed E-state index contributed by atoms with van der Waals surface area (Å²) in [4.78, 5) is 0. The third-order valence-electron chi connectivity index (χ3n) is 9.07. The molecule has 0 saturated heterocycles. The second-order valence-electron chi connectivity index (χ2n) is 11.0. The Labute approximate surface area is 207 Å². The molecule has 0 aliphatic heterocycles. The highest BCUT2D eigenvalue weighted by atomic mass is 19.1. The zero-order chi connectivity index (χ0) is 23.8. The standard InChI is InChI=1S/C32H45FO/c1-3-32(34-2)31-20-18-30(19-21-31)29-14-8-25(9-15-29)5-4-24-6-12-27(13-7-24)28-16-10-26(11-17-28)22-23-33/h6-7,10-13,16-17,25,29-32H,3-5,8-9,14-15,18-23H2,1-2H3/t25-,29-,30-,31-,32?. The van der Waals surface area contributed by atoms with Gasteiger partial charge in [0.1, 0.15) is 0 Å². The van der Waals surface area contributed by atoms with Crippen molar-refractivity contribution in [2.75, 3.05) is 13.8 Å². The molecule has 0 amide bonds. The van der Waals surface area contributed by atoms with Gasteiger partial charge in [0.25, 0.3) is 0 Å². The van der Waals surface area contributed by atoms with E-state index in [0.717, 1.165) is 35.7 Å². The maximum Gasteiger partial charge on any atom is 0.0934 e. The third-order valence-corrected chi connectivity index (χ3v) is 9.07. The minimum Gasteiger partial charge on any atom is -0.381 e. The average molecular weight is 465 g/mol.